The molecule has 0 amide bonds. The number of aromatic nitrogens is 1. The van der Waals surface area contributed by atoms with Crippen LogP contribution < -0.4 is 0 Å². The number of Topliss-reactive ketones (excluding diaryl/α,β-unsaturated/α-hetero) is 1. The third kappa shape index (κ3) is 8.32. The predicted octanol–water partition coefficient (Wildman–Crippen LogP) is 5.73. The van der Waals surface area contributed by atoms with Gasteiger partial charge >= 0.3 is 5.97 Å². The van der Waals surface area contributed by atoms with Gasteiger partial charge in [-0.1, -0.05) is 58.2 Å². The van der Waals surface area contributed by atoms with Crippen LogP contribution in [-0.4, -0.2) is 59.0 Å². The van der Waals surface area contributed by atoms with Crippen LogP contribution in [0.2, 0.25) is 0 Å². The smallest absolute Gasteiger partial charge is 0.306 e. The molecule has 2 saturated heterocycles. The van der Waals surface area contributed by atoms with Crippen LogP contribution in [0.1, 0.15) is 96.3 Å². The summed E-state index contributed by atoms with van der Waals surface area (Å²) in [5, 5.41) is 25.0. The Kier molecular flexibility index (Phi) is 11.0. The summed E-state index contributed by atoms with van der Waals surface area (Å²) in [5.74, 6) is -2.32. The normalized spacial score (nSPS) is 31.6. The second-order valence-corrected chi connectivity index (χ2v) is 16.4. The van der Waals surface area contributed by atoms with Crippen LogP contribution in [0.4, 0.5) is 0 Å². The molecule has 2 fully saturated rings. The summed E-state index contributed by atoms with van der Waals surface area (Å²) in [6.07, 6.45) is 1.72. The van der Waals surface area contributed by atoms with Crippen LogP contribution in [0.15, 0.2) is 40.1 Å². The van der Waals surface area contributed by atoms with E-state index in [4.69, 9.17) is 13.7 Å². The number of ether oxygens (including phenoxy) is 2. The molecule has 1 aromatic carbocycles. The van der Waals surface area contributed by atoms with Gasteiger partial charge < -0.3 is 19.7 Å². The second kappa shape index (κ2) is 13.9. The molecule has 3 heterocycles. The summed E-state index contributed by atoms with van der Waals surface area (Å²) in [6, 6.07) is 6.34. The number of esters is 1. The first kappa shape index (κ1) is 36.4. The van der Waals surface area contributed by atoms with Crippen molar-refractivity contribution in [3.05, 3.63) is 51.5 Å². The van der Waals surface area contributed by atoms with Gasteiger partial charge in [-0.3, -0.25) is 13.8 Å². The number of thiazole rings is 1. The maximum Gasteiger partial charge on any atom is 0.306 e. The monoisotopic (exact) mass is 677 g/mol. The third-order valence-corrected chi connectivity index (χ3v) is 11.4. The largest absolute Gasteiger partial charge is 0.455 e. The first-order valence-corrected chi connectivity index (χ1v) is 18.1. The average molecular weight is 678 g/mol. The lowest BCUT2D eigenvalue weighted by Gasteiger charge is -2.30. The highest BCUT2D eigenvalue weighted by Gasteiger charge is 2.71. The minimum absolute atomic E-state index is 0.0467. The van der Waals surface area contributed by atoms with Gasteiger partial charge in [0, 0.05) is 23.1 Å². The van der Waals surface area contributed by atoms with Crippen molar-refractivity contribution in [2.45, 2.75) is 122 Å². The van der Waals surface area contributed by atoms with Gasteiger partial charge in [0.1, 0.15) is 23.0 Å². The molecular weight excluding hydrogens is 631 g/mol. The molecule has 0 aliphatic carbocycles. The number of aryl methyl sites for hydroxylation is 1. The van der Waals surface area contributed by atoms with Gasteiger partial charge in [0.2, 0.25) is 5.79 Å². The van der Waals surface area contributed by atoms with E-state index in [2.05, 4.69) is 11.9 Å². The minimum atomic E-state index is -3.98. The van der Waals surface area contributed by atoms with Gasteiger partial charge in [0.05, 0.1) is 10.6 Å². The Morgan fingerprint density at radius 1 is 1.15 bits per heavy atom. The van der Waals surface area contributed by atoms with Crippen molar-refractivity contribution >= 4 is 39.3 Å². The van der Waals surface area contributed by atoms with Crippen molar-refractivity contribution in [3.8, 4) is 0 Å². The van der Waals surface area contributed by atoms with Crippen molar-refractivity contribution in [1.82, 2.24) is 4.98 Å². The summed E-state index contributed by atoms with van der Waals surface area (Å²) in [5.41, 5.74) is -0.0170. The topological polar surface area (TPSA) is 153 Å². The quantitative estimate of drug-likeness (QED) is 0.220. The Hall–Kier alpha value is -2.48. The van der Waals surface area contributed by atoms with Crippen molar-refractivity contribution in [2.75, 3.05) is 0 Å². The molecule has 0 saturated carbocycles. The van der Waals surface area contributed by atoms with E-state index >= 15 is 0 Å². The Morgan fingerprint density at radius 2 is 1.83 bits per heavy atom. The van der Waals surface area contributed by atoms with Crippen LogP contribution >= 0.6 is 11.3 Å². The van der Waals surface area contributed by atoms with Crippen molar-refractivity contribution in [3.63, 3.8) is 0 Å². The van der Waals surface area contributed by atoms with Gasteiger partial charge in [-0.05, 0) is 69.7 Å². The highest BCUT2D eigenvalue weighted by molar-refractivity contribution is 7.86. The number of carbonyl (C=O) groups excluding carboxylic acids is 2. The average Bonchev–Trinajstić information content (AvgIpc) is 3.29. The molecule has 0 radical (unpaired) electrons. The zero-order valence-electron chi connectivity index (χ0n) is 27.7. The Morgan fingerprint density at radius 3 is 2.50 bits per heavy atom. The van der Waals surface area contributed by atoms with Gasteiger partial charge in [0.25, 0.3) is 10.1 Å². The fraction of sp³-hybridized carbons (Fsp3) is 0.618. The number of hydrogen-bond acceptors (Lipinski definition) is 11. The standard InChI is InChI=1S/C34H47NO9S2/c1-21-10-12-26(13-11-21)46(40,41)42-19-27-35-25(20-45-27)18-23(3)29-31(38)34(39)33(7,44-34)15-8-9-22(2)17-24(4)30(37)32(5,6)16-14-28(36)43-29/h10-13,18,20,22,24,29,31,38-39H,8-9,14-17,19H2,1-7H3. The molecule has 46 heavy (non-hydrogen) atoms. The Balaban J connectivity index is 1.54. The van der Waals surface area contributed by atoms with Gasteiger partial charge in [-0.15, -0.1) is 11.3 Å². The molecule has 2 aromatic rings. The zero-order chi connectivity index (χ0) is 34.1. The van der Waals surface area contributed by atoms with E-state index in [1.165, 1.54) is 23.5 Å². The highest BCUT2D eigenvalue weighted by atomic mass is 32.2. The molecule has 4 rings (SSSR count). The number of aliphatic hydroxyl groups is 2. The van der Waals surface area contributed by atoms with Crippen LogP contribution in [0, 0.1) is 24.2 Å². The van der Waals surface area contributed by atoms with E-state index in [1.54, 1.807) is 37.4 Å². The maximum absolute atomic E-state index is 13.3. The van der Waals surface area contributed by atoms with Crippen molar-refractivity contribution < 1.29 is 41.9 Å². The summed E-state index contributed by atoms with van der Waals surface area (Å²) >= 11 is 1.19. The van der Waals surface area contributed by atoms with E-state index in [0.29, 0.717) is 22.7 Å². The Labute approximate surface area is 276 Å². The number of epoxide rings is 1. The molecule has 6 unspecified atom stereocenters. The van der Waals surface area contributed by atoms with Gasteiger partial charge in [-0.25, -0.2) is 4.98 Å². The zero-order valence-corrected chi connectivity index (χ0v) is 29.4. The van der Waals surface area contributed by atoms with Crippen molar-refractivity contribution in [2.24, 2.45) is 17.3 Å². The van der Waals surface area contributed by atoms with E-state index in [1.807, 2.05) is 27.7 Å². The summed E-state index contributed by atoms with van der Waals surface area (Å²) < 4.78 is 42.0. The molecule has 0 spiro atoms. The number of ketones is 1. The number of benzene rings is 1. The van der Waals surface area contributed by atoms with E-state index in [9.17, 15) is 28.2 Å². The lowest BCUT2D eigenvalue weighted by atomic mass is 9.75. The molecule has 6 atom stereocenters. The number of nitrogens with zero attached hydrogens (tertiary/aromatic N) is 1. The third-order valence-electron chi connectivity index (χ3n) is 9.26. The summed E-state index contributed by atoms with van der Waals surface area (Å²) in [7, 11) is -3.98. The number of fused-ring (bicyclic) bond motifs is 1. The molecule has 1 aromatic heterocycles. The number of aliphatic hydroxyl groups excluding tert-OH is 1. The summed E-state index contributed by atoms with van der Waals surface area (Å²) in [4.78, 5) is 30.9. The first-order valence-electron chi connectivity index (χ1n) is 15.8. The number of carbonyl (C=O) groups is 2. The van der Waals surface area contributed by atoms with E-state index < -0.39 is 45.1 Å². The molecule has 2 aliphatic heterocycles. The van der Waals surface area contributed by atoms with Crippen LogP contribution in [0.5, 0.6) is 0 Å². The number of hydrogen-bond donors (Lipinski definition) is 2. The predicted molar refractivity (Wildman–Crippen MR) is 174 cm³/mol. The van der Waals surface area contributed by atoms with E-state index in [-0.39, 0.29) is 42.0 Å². The molecule has 2 N–H and O–H groups in total. The molecule has 10 nitrogen and oxygen atoms in total. The molecule has 2 aliphatic rings. The molecular formula is C34H47NO9S2. The van der Waals surface area contributed by atoms with Crippen LogP contribution in [0.3, 0.4) is 0 Å². The Bertz CT molecular complexity index is 1550. The number of rotatable bonds is 6. The number of cyclic esters (lactones) is 1. The molecule has 254 valence electrons. The minimum Gasteiger partial charge on any atom is -0.455 e. The molecule has 12 heteroatoms. The second-order valence-electron chi connectivity index (χ2n) is 13.9. The fourth-order valence-electron chi connectivity index (χ4n) is 6.23. The van der Waals surface area contributed by atoms with Crippen molar-refractivity contribution in [1.29, 1.82) is 0 Å². The molecule has 0 bridgehead atoms. The SMILES string of the molecule is CC(=Cc1csc(COS(=O)(=O)c2ccc(C)cc2)n1)C1OC(=O)CCC(C)(C)C(=O)C(C)CC(C)CCCC2(C)OC2(O)C1O. The fourth-order valence-corrected chi connectivity index (χ4v) is 7.84. The first-order chi connectivity index (χ1) is 21.4. The maximum atomic E-state index is 13.3. The highest BCUT2D eigenvalue weighted by Crippen LogP contribution is 2.53. The van der Waals surface area contributed by atoms with Gasteiger partial charge in [0.15, 0.2) is 12.2 Å². The van der Waals surface area contributed by atoms with E-state index in [0.717, 1.165) is 24.8 Å². The van der Waals surface area contributed by atoms with Crippen LogP contribution in [-0.2, 0) is 40.0 Å². The summed E-state index contributed by atoms with van der Waals surface area (Å²) in [6.45, 7) is 12.7. The lowest BCUT2D eigenvalue weighted by Crippen LogP contribution is -2.47. The van der Waals surface area contributed by atoms with Gasteiger partial charge in [-0.2, -0.15) is 8.42 Å². The van der Waals surface area contributed by atoms with Crippen LogP contribution in [0.25, 0.3) is 6.08 Å². The lowest BCUT2D eigenvalue weighted by molar-refractivity contribution is -0.165.